The second kappa shape index (κ2) is 7.21. The van der Waals surface area contributed by atoms with Crippen LogP contribution in [-0.4, -0.2) is 39.3 Å². The van der Waals surface area contributed by atoms with E-state index in [-0.39, 0.29) is 11.5 Å². The van der Waals surface area contributed by atoms with Crippen molar-refractivity contribution in [1.29, 1.82) is 0 Å². The van der Waals surface area contributed by atoms with Gasteiger partial charge < -0.3 is 24.1 Å². The number of benzene rings is 2. The highest BCUT2D eigenvalue weighted by molar-refractivity contribution is 8.05. The minimum absolute atomic E-state index is 0.00993. The van der Waals surface area contributed by atoms with E-state index in [1.54, 1.807) is 30.3 Å². The Bertz CT molecular complexity index is 903. The molecule has 1 aliphatic rings. The van der Waals surface area contributed by atoms with Crippen molar-refractivity contribution in [2.24, 2.45) is 0 Å². The summed E-state index contributed by atoms with van der Waals surface area (Å²) < 4.78 is 21.2. The minimum atomic E-state index is -0.139. The van der Waals surface area contributed by atoms with Gasteiger partial charge in [-0.25, -0.2) is 0 Å². The first-order valence-electron chi connectivity index (χ1n) is 7.68. The molecule has 0 atom stereocenters. The molecule has 3 rings (SSSR count). The van der Waals surface area contributed by atoms with Crippen molar-refractivity contribution in [3.63, 3.8) is 0 Å². The molecule has 1 heterocycles. The molecule has 7 heteroatoms. The number of phenols is 1. The summed E-state index contributed by atoms with van der Waals surface area (Å²) in [5.41, 5.74) is 1.18. The largest absolute Gasteiger partial charge is 0.504 e. The van der Waals surface area contributed by atoms with E-state index in [4.69, 9.17) is 18.9 Å². The van der Waals surface area contributed by atoms with Gasteiger partial charge in [0.1, 0.15) is 0 Å². The number of ether oxygens (including phenoxy) is 4. The van der Waals surface area contributed by atoms with Gasteiger partial charge in [0.05, 0.1) is 38.2 Å². The van der Waals surface area contributed by atoms with E-state index in [9.17, 15) is 9.90 Å². The summed E-state index contributed by atoms with van der Waals surface area (Å²) in [5.74, 6) is 1.58. The fourth-order valence-electron chi connectivity index (χ4n) is 2.73. The van der Waals surface area contributed by atoms with Gasteiger partial charge in [-0.3, -0.25) is 4.79 Å². The average Bonchev–Trinajstić information content (AvgIpc) is 2.95. The zero-order valence-corrected chi connectivity index (χ0v) is 15.6. The van der Waals surface area contributed by atoms with Gasteiger partial charge in [0.15, 0.2) is 23.0 Å². The number of fused-ring (bicyclic) bond motifs is 1. The molecule has 0 saturated carbocycles. The number of ketones is 1. The normalized spacial score (nSPS) is 14.3. The molecule has 0 radical (unpaired) electrons. The molecule has 1 aliphatic heterocycles. The van der Waals surface area contributed by atoms with Crippen LogP contribution >= 0.6 is 11.8 Å². The first-order valence-corrected chi connectivity index (χ1v) is 8.49. The second-order valence-corrected chi connectivity index (χ2v) is 6.45. The summed E-state index contributed by atoms with van der Waals surface area (Å²) in [6.07, 6.45) is 1.71. The maximum atomic E-state index is 12.8. The molecule has 0 aromatic heterocycles. The Balaban J connectivity index is 2.06. The zero-order valence-electron chi connectivity index (χ0n) is 14.8. The lowest BCUT2D eigenvalue weighted by Crippen LogP contribution is -2.00. The quantitative estimate of drug-likeness (QED) is 0.799. The predicted molar refractivity (Wildman–Crippen MR) is 98.9 cm³/mol. The molecule has 0 unspecified atom stereocenters. The number of carbonyl (C=O) groups excluding carboxylic acids is 1. The molecule has 0 saturated heterocycles. The van der Waals surface area contributed by atoms with Crippen molar-refractivity contribution in [1.82, 2.24) is 0 Å². The van der Waals surface area contributed by atoms with Crippen molar-refractivity contribution in [3.8, 4) is 28.7 Å². The third-order valence-corrected chi connectivity index (χ3v) is 5.10. The number of thioether (sulfide) groups is 1. The molecule has 6 nitrogen and oxygen atoms in total. The summed E-state index contributed by atoms with van der Waals surface area (Å²) in [6.45, 7) is 0. The SMILES string of the molecule is COc1ccc(/C=C2\Sc3c(cc(OC)c(OC)c3OC)C2=O)cc1O. The Morgan fingerprint density at radius 3 is 2.19 bits per heavy atom. The molecule has 136 valence electrons. The van der Waals surface area contributed by atoms with Crippen molar-refractivity contribution in [3.05, 3.63) is 40.3 Å². The van der Waals surface area contributed by atoms with Crippen molar-refractivity contribution >= 4 is 23.6 Å². The smallest absolute Gasteiger partial charge is 0.204 e. The Morgan fingerprint density at radius 1 is 0.923 bits per heavy atom. The van der Waals surface area contributed by atoms with Crippen molar-refractivity contribution in [2.45, 2.75) is 4.90 Å². The molecular formula is C19H18O6S. The van der Waals surface area contributed by atoms with Gasteiger partial charge in [0, 0.05) is 5.56 Å². The Kier molecular flexibility index (Phi) is 4.99. The van der Waals surface area contributed by atoms with Crippen LogP contribution in [0.25, 0.3) is 6.08 Å². The van der Waals surface area contributed by atoms with Crippen LogP contribution in [0.1, 0.15) is 15.9 Å². The van der Waals surface area contributed by atoms with Crippen LogP contribution in [0.3, 0.4) is 0 Å². The molecular weight excluding hydrogens is 356 g/mol. The summed E-state index contributed by atoms with van der Waals surface area (Å²) >= 11 is 1.29. The molecule has 1 N–H and O–H groups in total. The van der Waals surface area contributed by atoms with Crippen LogP contribution < -0.4 is 18.9 Å². The van der Waals surface area contributed by atoms with Gasteiger partial charge >= 0.3 is 0 Å². The van der Waals surface area contributed by atoms with Gasteiger partial charge in [-0.15, -0.1) is 0 Å². The standard InChI is InChI=1S/C19H18O6S/c1-22-13-6-5-10(7-12(13)20)8-15-16(21)11-9-14(23-2)17(24-3)18(25-4)19(11)26-15/h5-9,20H,1-4H3/b15-8-. The Hall–Kier alpha value is -2.80. The maximum absolute atomic E-state index is 12.8. The monoisotopic (exact) mass is 374 g/mol. The Morgan fingerprint density at radius 2 is 1.62 bits per heavy atom. The van der Waals surface area contributed by atoms with E-state index >= 15 is 0 Å². The summed E-state index contributed by atoms with van der Waals surface area (Å²) in [4.78, 5) is 14.0. The number of Topliss-reactive ketones (excluding diaryl/α,β-unsaturated/α-hetero) is 1. The molecule has 2 aromatic rings. The highest BCUT2D eigenvalue weighted by Gasteiger charge is 2.33. The number of rotatable bonds is 5. The number of carbonyl (C=O) groups is 1. The van der Waals surface area contributed by atoms with Gasteiger partial charge in [0.2, 0.25) is 11.5 Å². The third kappa shape index (κ3) is 2.94. The van der Waals surface area contributed by atoms with Gasteiger partial charge in [-0.05, 0) is 29.8 Å². The van der Waals surface area contributed by atoms with E-state index in [0.29, 0.717) is 43.9 Å². The predicted octanol–water partition coefficient (Wildman–Crippen LogP) is 3.76. The number of aromatic hydroxyl groups is 1. The number of phenolic OH excluding ortho intramolecular Hbond substituents is 1. The molecule has 0 amide bonds. The van der Waals surface area contributed by atoms with Gasteiger partial charge in [-0.2, -0.15) is 0 Å². The summed E-state index contributed by atoms with van der Waals surface area (Å²) in [6, 6.07) is 6.60. The number of hydrogen-bond donors (Lipinski definition) is 1. The number of hydrogen-bond acceptors (Lipinski definition) is 7. The van der Waals surface area contributed by atoms with E-state index in [1.807, 2.05) is 0 Å². The molecule has 0 aliphatic carbocycles. The summed E-state index contributed by atoms with van der Waals surface area (Å²) in [7, 11) is 6.03. The third-order valence-electron chi connectivity index (χ3n) is 3.97. The molecule has 26 heavy (non-hydrogen) atoms. The van der Waals surface area contributed by atoms with Crippen LogP contribution in [0.15, 0.2) is 34.1 Å². The van der Waals surface area contributed by atoms with Crippen molar-refractivity contribution < 1.29 is 28.8 Å². The van der Waals surface area contributed by atoms with Crippen LogP contribution in [0.5, 0.6) is 28.7 Å². The fourth-order valence-corrected chi connectivity index (χ4v) is 3.88. The topological polar surface area (TPSA) is 74.2 Å². The van der Waals surface area contributed by atoms with Gasteiger partial charge in [0.25, 0.3) is 0 Å². The first kappa shape index (κ1) is 18.0. The summed E-state index contributed by atoms with van der Waals surface area (Å²) in [5, 5.41) is 9.92. The van der Waals surface area contributed by atoms with Crippen LogP contribution in [-0.2, 0) is 0 Å². The van der Waals surface area contributed by atoms with Crippen LogP contribution in [0.2, 0.25) is 0 Å². The fraction of sp³-hybridized carbons (Fsp3) is 0.211. The number of allylic oxidation sites excluding steroid dienone is 1. The lowest BCUT2D eigenvalue weighted by atomic mass is 10.1. The van der Waals surface area contributed by atoms with E-state index in [2.05, 4.69) is 0 Å². The minimum Gasteiger partial charge on any atom is -0.504 e. The van der Waals surface area contributed by atoms with E-state index in [0.717, 1.165) is 0 Å². The maximum Gasteiger partial charge on any atom is 0.204 e. The molecule has 0 fully saturated rings. The van der Waals surface area contributed by atoms with Crippen molar-refractivity contribution in [2.75, 3.05) is 28.4 Å². The second-order valence-electron chi connectivity index (χ2n) is 5.39. The first-order chi connectivity index (χ1) is 12.5. The zero-order chi connectivity index (χ0) is 18.8. The van der Waals surface area contributed by atoms with Crippen LogP contribution in [0.4, 0.5) is 0 Å². The lowest BCUT2D eigenvalue weighted by molar-refractivity contribution is 0.104. The molecule has 2 aromatic carbocycles. The average molecular weight is 374 g/mol. The van der Waals surface area contributed by atoms with E-state index < -0.39 is 0 Å². The Labute approximate surface area is 155 Å². The highest BCUT2D eigenvalue weighted by atomic mass is 32.2. The molecule has 0 spiro atoms. The lowest BCUT2D eigenvalue weighted by Gasteiger charge is -2.14. The highest BCUT2D eigenvalue weighted by Crippen LogP contribution is 2.53. The van der Waals surface area contributed by atoms with Gasteiger partial charge in [-0.1, -0.05) is 17.8 Å². The number of methoxy groups -OCH3 is 4. The molecule has 0 bridgehead atoms. The van der Waals surface area contributed by atoms with E-state index in [1.165, 1.54) is 40.2 Å². The van der Waals surface area contributed by atoms with Crippen LogP contribution in [0, 0.1) is 0 Å².